The van der Waals surface area contributed by atoms with Crippen LogP contribution in [-0.4, -0.2) is 86.8 Å². The molecule has 1 aliphatic rings. The Labute approximate surface area is 195 Å². The Hall–Kier alpha value is -2.85. The molecule has 1 saturated heterocycles. The number of amides is 3. The number of carbonyl (C=O) groups is 3. The molecular formula is C22H38N6O5. The highest BCUT2D eigenvalue weighted by atomic mass is 16.6. The van der Waals surface area contributed by atoms with Crippen molar-refractivity contribution in [3.8, 4) is 0 Å². The van der Waals surface area contributed by atoms with Gasteiger partial charge in [-0.3, -0.25) is 4.79 Å². The van der Waals surface area contributed by atoms with Crippen LogP contribution < -0.4 is 5.32 Å². The first-order chi connectivity index (χ1) is 15.3. The number of ether oxygens (including phenoxy) is 2. The minimum absolute atomic E-state index is 0.0585. The number of aryl methyl sites for hydroxylation is 1. The van der Waals surface area contributed by atoms with E-state index >= 15 is 0 Å². The molecule has 1 aromatic heterocycles. The number of rotatable bonds is 7. The molecular weight excluding hydrogens is 428 g/mol. The number of alkyl carbamates (subject to hydrolysis) is 1. The van der Waals surface area contributed by atoms with Gasteiger partial charge in [0.05, 0.1) is 5.69 Å². The normalized spacial score (nSPS) is 14.7. The highest BCUT2D eigenvalue weighted by Gasteiger charge is 2.27. The van der Waals surface area contributed by atoms with Crippen LogP contribution in [0.2, 0.25) is 0 Å². The van der Waals surface area contributed by atoms with Gasteiger partial charge in [0.15, 0.2) is 0 Å². The summed E-state index contributed by atoms with van der Waals surface area (Å²) < 4.78 is 12.1. The lowest BCUT2D eigenvalue weighted by molar-refractivity contribution is -0.133. The van der Waals surface area contributed by atoms with Crippen molar-refractivity contribution in [2.75, 3.05) is 32.7 Å². The molecule has 1 aromatic rings. The van der Waals surface area contributed by atoms with E-state index in [2.05, 4.69) is 15.6 Å². The van der Waals surface area contributed by atoms with E-state index in [9.17, 15) is 14.4 Å². The van der Waals surface area contributed by atoms with Gasteiger partial charge in [-0.2, -0.15) is 0 Å². The zero-order valence-electron chi connectivity index (χ0n) is 20.7. The van der Waals surface area contributed by atoms with Crippen molar-refractivity contribution in [3.05, 3.63) is 11.9 Å². The SMILES string of the molecule is CC(C)(C)OC(=O)NCCCCc1cn(CC(=O)N2CCN(C(=O)OC(C)(C)C)CC2)nn1. The van der Waals surface area contributed by atoms with Gasteiger partial charge >= 0.3 is 12.2 Å². The smallest absolute Gasteiger partial charge is 0.410 e. The van der Waals surface area contributed by atoms with E-state index < -0.39 is 17.3 Å². The van der Waals surface area contributed by atoms with Gasteiger partial charge < -0.3 is 24.6 Å². The van der Waals surface area contributed by atoms with Gasteiger partial charge in [0.2, 0.25) is 5.91 Å². The lowest BCUT2D eigenvalue weighted by atomic mass is 10.2. The molecule has 0 bridgehead atoms. The summed E-state index contributed by atoms with van der Waals surface area (Å²) in [6.07, 6.45) is 3.33. The van der Waals surface area contributed by atoms with Crippen LogP contribution in [-0.2, 0) is 27.2 Å². The fraction of sp³-hybridized carbons (Fsp3) is 0.773. The fourth-order valence-electron chi connectivity index (χ4n) is 3.17. The van der Waals surface area contributed by atoms with E-state index in [4.69, 9.17) is 9.47 Å². The van der Waals surface area contributed by atoms with Crippen molar-refractivity contribution < 1.29 is 23.9 Å². The van der Waals surface area contributed by atoms with Crippen LogP contribution in [0.4, 0.5) is 9.59 Å². The third-order valence-corrected chi connectivity index (χ3v) is 4.70. The molecule has 0 aromatic carbocycles. The van der Waals surface area contributed by atoms with Crippen LogP contribution >= 0.6 is 0 Å². The van der Waals surface area contributed by atoms with Crippen molar-refractivity contribution in [3.63, 3.8) is 0 Å². The van der Waals surface area contributed by atoms with E-state index in [1.165, 1.54) is 4.68 Å². The first-order valence-electron chi connectivity index (χ1n) is 11.4. The Kier molecular flexibility index (Phi) is 9.07. The van der Waals surface area contributed by atoms with Crippen molar-refractivity contribution >= 4 is 18.1 Å². The van der Waals surface area contributed by atoms with Crippen LogP contribution in [0.3, 0.4) is 0 Å². The van der Waals surface area contributed by atoms with E-state index in [0.29, 0.717) is 39.1 Å². The molecule has 2 rings (SSSR count). The standard InChI is InChI=1S/C22H38N6O5/c1-21(2,3)32-19(30)23-10-8-7-9-17-15-28(25-24-17)16-18(29)26-11-13-27(14-12-26)20(31)33-22(4,5)6/h15H,7-14,16H2,1-6H3,(H,23,30). The van der Waals surface area contributed by atoms with Gasteiger partial charge in [-0.25, -0.2) is 14.3 Å². The minimum atomic E-state index is -0.538. The third kappa shape index (κ3) is 10.1. The van der Waals surface area contributed by atoms with Crippen LogP contribution in [0, 0.1) is 0 Å². The Bertz CT molecular complexity index is 803. The zero-order chi connectivity index (χ0) is 24.6. The molecule has 0 radical (unpaired) electrons. The number of hydrogen-bond acceptors (Lipinski definition) is 7. The zero-order valence-corrected chi connectivity index (χ0v) is 20.7. The molecule has 3 amide bonds. The predicted molar refractivity (Wildman–Crippen MR) is 122 cm³/mol. The van der Waals surface area contributed by atoms with Gasteiger partial charge in [-0.15, -0.1) is 5.10 Å². The lowest BCUT2D eigenvalue weighted by Crippen LogP contribution is -2.52. The van der Waals surface area contributed by atoms with E-state index in [-0.39, 0.29) is 18.5 Å². The molecule has 1 N–H and O–H groups in total. The molecule has 0 aliphatic carbocycles. The number of aromatic nitrogens is 3. The number of unbranched alkanes of at least 4 members (excludes halogenated alkanes) is 1. The van der Waals surface area contributed by atoms with E-state index in [1.807, 2.05) is 41.5 Å². The average molecular weight is 467 g/mol. The Morgan fingerprint density at radius 2 is 1.55 bits per heavy atom. The largest absolute Gasteiger partial charge is 0.444 e. The first kappa shape index (κ1) is 26.4. The third-order valence-electron chi connectivity index (χ3n) is 4.70. The number of carbonyl (C=O) groups excluding carboxylic acids is 3. The van der Waals surface area contributed by atoms with Crippen LogP contribution in [0.15, 0.2) is 6.20 Å². The maximum absolute atomic E-state index is 12.6. The molecule has 11 nitrogen and oxygen atoms in total. The molecule has 0 saturated carbocycles. The molecule has 0 spiro atoms. The topological polar surface area (TPSA) is 119 Å². The Balaban J connectivity index is 1.66. The molecule has 0 atom stereocenters. The van der Waals surface area contributed by atoms with Crippen LogP contribution in [0.5, 0.6) is 0 Å². The number of nitrogens with zero attached hydrogens (tertiary/aromatic N) is 5. The maximum Gasteiger partial charge on any atom is 0.410 e. The molecule has 33 heavy (non-hydrogen) atoms. The highest BCUT2D eigenvalue weighted by Crippen LogP contribution is 2.12. The minimum Gasteiger partial charge on any atom is -0.444 e. The Morgan fingerprint density at radius 3 is 2.15 bits per heavy atom. The van der Waals surface area contributed by atoms with Gasteiger partial charge in [-0.1, -0.05) is 5.21 Å². The molecule has 186 valence electrons. The molecule has 0 unspecified atom stereocenters. The van der Waals surface area contributed by atoms with Crippen molar-refractivity contribution in [2.45, 2.75) is 78.6 Å². The number of nitrogens with one attached hydrogen (secondary N) is 1. The van der Waals surface area contributed by atoms with Gasteiger partial charge in [0.25, 0.3) is 0 Å². The summed E-state index contributed by atoms with van der Waals surface area (Å²) in [6.45, 7) is 13.4. The van der Waals surface area contributed by atoms with Gasteiger partial charge in [0.1, 0.15) is 17.7 Å². The second-order valence-corrected chi connectivity index (χ2v) is 10.1. The Morgan fingerprint density at radius 1 is 0.939 bits per heavy atom. The monoisotopic (exact) mass is 466 g/mol. The molecule has 1 fully saturated rings. The van der Waals surface area contributed by atoms with E-state index in [1.54, 1.807) is 16.0 Å². The fourth-order valence-corrected chi connectivity index (χ4v) is 3.17. The molecule has 1 aliphatic heterocycles. The van der Waals surface area contributed by atoms with Gasteiger partial charge in [-0.05, 0) is 60.8 Å². The molecule has 11 heteroatoms. The first-order valence-corrected chi connectivity index (χ1v) is 11.4. The van der Waals surface area contributed by atoms with E-state index in [0.717, 1.165) is 18.5 Å². The van der Waals surface area contributed by atoms with Crippen molar-refractivity contribution in [1.29, 1.82) is 0 Å². The summed E-state index contributed by atoms with van der Waals surface area (Å²) >= 11 is 0. The summed E-state index contributed by atoms with van der Waals surface area (Å²) in [6, 6.07) is 0. The summed E-state index contributed by atoms with van der Waals surface area (Å²) in [5.41, 5.74) is -0.246. The summed E-state index contributed by atoms with van der Waals surface area (Å²) in [4.78, 5) is 39.7. The molecule has 2 heterocycles. The lowest BCUT2D eigenvalue weighted by Gasteiger charge is -2.35. The van der Waals surface area contributed by atoms with Crippen molar-refractivity contribution in [2.24, 2.45) is 0 Å². The number of hydrogen-bond donors (Lipinski definition) is 1. The highest BCUT2D eigenvalue weighted by molar-refractivity contribution is 5.76. The van der Waals surface area contributed by atoms with Crippen molar-refractivity contribution in [1.82, 2.24) is 30.1 Å². The second kappa shape index (κ2) is 11.3. The number of piperazine rings is 1. The summed E-state index contributed by atoms with van der Waals surface area (Å²) in [5.74, 6) is -0.0585. The average Bonchev–Trinajstić information content (AvgIpc) is 3.12. The summed E-state index contributed by atoms with van der Waals surface area (Å²) in [7, 11) is 0. The maximum atomic E-state index is 12.6. The predicted octanol–water partition coefficient (Wildman–Crippen LogP) is 2.20. The second-order valence-electron chi connectivity index (χ2n) is 10.1. The summed E-state index contributed by atoms with van der Waals surface area (Å²) in [5, 5.41) is 10.9. The van der Waals surface area contributed by atoms with Crippen LogP contribution in [0.1, 0.15) is 60.1 Å². The van der Waals surface area contributed by atoms with Gasteiger partial charge in [0, 0.05) is 38.9 Å². The quantitative estimate of drug-likeness (QED) is 0.612. The van der Waals surface area contributed by atoms with Crippen LogP contribution in [0.25, 0.3) is 0 Å².